The standard InChI is InChI=1S/C22H17ClN2O3/c1-13-9-17(15-7-8-24-19-6-4-3-5-16(19)10-15)18(23)11-25-22(13)28-21-14(2)27-12-20(21)26/h3-9,11H,1,10,12H2,2H3. The molecular weight excluding hydrogens is 376 g/mol. The average molecular weight is 393 g/mol. The Balaban J connectivity index is 1.63. The van der Waals surface area contributed by atoms with E-state index < -0.39 is 0 Å². The van der Waals surface area contributed by atoms with E-state index in [0.717, 1.165) is 22.4 Å². The second-order valence-electron chi connectivity index (χ2n) is 6.47. The molecule has 3 aliphatic rings. The topological polar surface area (TPSA) is 60.3 Å². The van der Waals surface area contributed by atoms with Gasteiger partial charge in [0, 0.05) is 18.2 Å². The monoisotopic (exact) mass is 392 g/mol. The van der Waals surface area contributed by atoms with E-state index in [1.807, 2.05) is 36.4 Å². The third-order valence-corrected chi connectivity index (χ3v) is 4.85. The van der Waals surface area contributed by atoms with E-state index in [1.165, 1.54) is 6.20 Å². The van der Waals surface area contributed by atoms with E-state index in [4.69, 9.17) is 21.1 Å². The van der Waals surface area contributed by atoms with Crippen molar-refractivity contribution in [1.29, 1.82) is 0 Å². The van der Waals surface area contributed by atoms with Crippen LogP contribution in [0.15, 0.2) is 92.5 Å². The van der Waals surface area contributed by atoms with Gasteiger partial charge in [0.25, 0.3) is 0 Å². The molecule has 0 spiro atoms. The van der Waals surface area contributed by atoms with Crippen molar-refractivity contribution in [3.8, 4) is 0 Å². The first-order valence-corrected chi connectivity index (χ1v) is 9.12. The molecule has 4 rings (SSSR count). The van der Waals surface area contributed by atoms with Crippen molar-refractivity contribution in [3.63, 3.8) is 0 Å². The number of para-hydroxylation sites is 1. The van der Waals surface area contributed by atoms with Gasteiger partial charge < -0.3 is 9.47 Å². The molecule has 5 nitrogen and oxygen atoms in total. The maximum absolute atomic E-state index is 11.9. The highest BCUT2D eigenvalue weighted by Gasteiger charge is 2.27. The van der Waals surface area contributed by atoms with Crippen molar-refractivity contribution in [1.82, 2.24) is 0 Å². The van der Waals surface area contributed by atoms with Crippen molar-refractivity contribution >= 4 is 35.2 Å². The minimum atomic E-state index is -0.226. The van der Waals surface area contributed by atoms with Gasteiger partial charge in [-0.1, -0.05) is 36.4 Å². The molecule has 6 heteroatoms. The lowest BCUT2D eigenvalue weighted by Crippen LogP contribution is -2.12. The molecule has 0 aromatic heterocycles. The van der Waals surface area contributed by atoms with Crippen LogP contribution in [0.2, 0.25) is 0 Å². The molecule has 3 aliphatic heterocycles. The number of nitrogens with zero attached hydrogens (tertiary/aromatic N) is 2. The zero-order chi connectivity index (χ0) is 19.7. The summed E-state index contributed by atoms with van der Waals surface area (Å²) >= 11 is 6.51. The van der Waals surface area contributed by atoms with Crippen molar-refractivity contribution in [2.24, 2.45) is 9.98 Å². The van der Waals surface area contributed by atoms with Crippen LogP contribution >= 0.6 is 11.6 Å². The molecule has 0 fully saturated rings. The largest absolute Gasteiger partial charge is 0.486 e. The predicted molar refractivity (Wildman–Crippen MR) is 110 cm³/mol. The zero-order valence-electron chi connectivity index (χ0n) is 15.2. The highest BCUT2D eigenvalue weighted by atomic mass is 35.5. The first-order chi connectivity index (χ1) is 13.5. The molecular formula is C22H17ClN2O3. The molecule has 0 atom stereocenters. The molecule has 0 N–H and O–H groups in total. The van der Waals surface area contributed by atoms with Crippen LogP contribution in [0.3, 0.4) is 0 Å². The Kier molecular flexibility index (Phi) is 4.84. The predicted octanol–water partition coefficient (Wildman–Crippen LogP) is 4.69. The summed E-state index contributed by atoms with van der Waals surface area (Å²) in [5, 5.41) is 0.457. The summed E-state index contributed by atoms with van der Waals surface area (Å²) in [6.45, 7) is 5.69. The molecule has 0 radical (unpaired) electrons. The number of aliphatic imine (C=N–C) groups is 2. The Morgan fingerprint density at radius 2 is 2.11 bits per heavy atom. The average Bonchev–Trinajstić information content (AvgIpc) is 2.85. The summed E-state index contributed by atoms with van der Waals surface area (Å²) < 4.78 is 10.9. The molecule has 1 aromatic rings. The quantitative estimate of drug-likeness (QED) is 0.733. The van der Waals surface area contributed by atoms with Gasteiger partial charge >= 0.3 is 0 Å². The summed E-state index contributed by atoms with van der Waals surface area (Å²) in [5.41, 5.74) is 4.33. The molecule has 28 heavy (non-hydrogen) atoms. The van der Waals surface area contributed by atoms with Gasteiger partial charge in [0.05, 0.1) is 16.9 Å². The molecule has 0 amide bonds. The van der Waals surface area contributed by atoms with E-state index in [1.54, 1.807) is 13.1 Å². The smallest absolute Gasteiger partial charge is 0.238 e. The molecule has 0 unspecified atom stereocenters. The molecule has 1 aromatic carbocycles. The maximum Gasteiger partial charge on any atom is 0.238 e. The lowest BCUT2D eigenvalue weighted by atomic mass is 9.96. The lowest BCUT2D eigenvalue weighted by Gasteiger charge is -2.11. The third kappa shape index (κ3) is 3.49. The Hall–Kier alpha value is -3.18. The molecule has 140 valence electrons. The number of ether oxygens (including phenoxy) is 2. The number of carbonyl (C=O) groups is 1. The number of hydrogen-bond acceptors (Lipinski definition) is 5. The zero-order valence-corrected chi connectivity index (χ0v) is 16.0. The van der Waals surface area contributed by atoms with Gasteiger partial charge in [0.1, 0.15) is 5.76 Å². The Morgan fingerprint density at radius 3 is 2.89 bits per heavy atom. The summed E-state index contributed by atoms with van der Waals surface area (Å²) in [4.78, 5) is 20.7. The van der Waals surface area contributed by atoms with Crippen LogP contribution in [0, 0.1) is 0 Å². The van der Waals surface area contributed by atoms with Crippen molar-refractivity contribution in [2.75, 3.05) is 6.61 Å². The fourth-order valence-corrected chi connectivity index (χ4v) is 3.30. The number of allylic oxidation sites excluding steroid dienone is 5. The van der Waals surface area contributed by atoms with Gasteiger partial charge in [-0.3, -0.25) is 9.79 Å². The van der Waals surface area contributed by atoms with Gasteiger partial charge in [0.15, 0.2) is 6.61 Å². The third-order valence-electron chi connectivity index (χ3n) is 4.55. The normalized spacial score (nSPS) is 19.1. The summed E-state index contributed by atoms with van der Waals surface area (Å²) in [7, 11) is 0. The number of halogens is 1. The van der Waals surface area contributed by atoms with Gasteiger partial charge in [-0.2, -0.15) is 0 Å². The van der Waals surface area contributed by atoms with Gasteiger partial charge in [-0.15, -0.1) is 0 Å². The van der Waals surface area contributed by atoms with Crippen LogP contribution in [0.5, 0.6) is 0 Å². The van der Waals surface area contributed by atoms with Crippen molar-refractivity contribution in [2.45, 2.75) is 13.3 Å². The van der Waals surface area contributed by atoms with Crippen LogP contribution in [0.4, 0.5) is 5.69 Å². The molecule has 0 aliphatic carbocycles. The number of fused-ring (bicyclic) bond motifs is 1. The van der Waals surface area contributed by atoms with E-state index >= 15 is 0 Å². The van der Waals surface area contributed by atoms with E-state index in [0.29, 0.717) is 22.8 Å². The summed E-state index contributed by atoms with van der Waals surface area (Å²) in [5.74, 6) is 0.569. The van der Waals surface area contributed by atoms with Crippen molar-refractivity contribution in [3.05, 3.63) is 88.0 Å². The second kappa shape index (κ2) is 7.44. The summed E-state index contributed by atoms with van der Waals surface area (Å²) in [6.07, 6.45) is 7.69. The number of rotatable bonds is 2. The lowest BCUT2D eigenvalue weighted by molar-refractivity contribution is -0.118. The molecule has 0 bridgehead atoms. The van der Waals surface area contributed by atoms with Crippen molar-refractivity contribution < 1.29 is 14.3 Å². The summed E-state index contributed by atoms with van der Waals surface area (Å²) in [6, 6.07) is 7.97. The minimum absolute atomic E-state index is 0.0236. The fraction of sp³-hybridized carbons (Fsp3) is 0.136. The highest BCUT2D eigenvalue weighted by molar-refractivity contribution is 6.33. The van der Waals surface area contributed by atoms with Crippen LogP contribution in [-0.2, 0) is 20.7 Å². The van der Waals surface area contributed by atoms with E-state index in [-0.39, 0.29) is 24.0 Å². The van der Waals surface area contributed by atoms with Gasteiger partial charge in [0.2, 0.25) is 17.4 Å². The number of carbonyl (C=O) groups excluding carboxylic acids is 1. The van der Waals surface area contributed by atoms with Crippen LogP contribution in [0.1, 0.15) is 12.5 Å². The number of Topliss-reactive ketones (excluding diaryl/α,β-unsaturated/α-hetero) is 1. The number of hydrogen-bond donors (Lipinski definition) is 0. The number of ketones is 1. The SMILES string of the molecule is C=C1C=C(C2=CC=Nc3ccccc3C2)C(Cl)=CN=C1OC1=C(C)OCC1=O. The first kappa shape index (κ1) is 18.2. The Bertz CT molecular complexity index is 1070. The Morgan fingerprint density at radius 1 is 1.29 bits per heavy atom. The fourth-order valence-electron chi connectivity index (χ4n) is 3.08. The van der Waals surface area contributed by atoms with Crippen LogP contribution < -0.4 is 0 Å². The molecule has 3 heterocycles. The van der Waals surface area contributed by atoms with E-state index in [2.05, 4.69) is 16.6 Å². The van der Waals surface area contributed by atoms with Gasteiger partial charge in [-0.05, 0) is 41.9 Å². The van der Waals surface area contributed by atoms with Crippen LogP contribution in [-0.4, -0.2) is 24.5 Å². The van der Waals surface area contributed by atoms with E-state index in [9.17, 15) is 4.79 Å². The molecule has 0 saturated carbocycles. The highest BCUT2D eigenvalue weighted by Crippen LogP contribution is 2.33. The first-order valence-electron chi connectivity index (χ1n) is 8.74. The number of benzene rings is 1. The maximum atomic E-state index is 11.9. The second-order valence-corrected chi connectivity index (χ2v) is 6.88. The molecule has 0 saturated heterocycles. The minimum Gasteiger partial charge on any atom is -0.486 e. The Labute approximate surface area is 167 Å². The van der Waals surface area contributed by atoms with Crippen LogP contribution in [0.25, 0.3) is 0 Å². The van der Waals surface area contributed by atoms with Gasteiger partial charge in [-0.25, -0.2) is 4.99 Å².